The van der Waals surface area contributed by atoms with E-state index in [1.54, 1.807) is 30.3 Å². The number of benzene rings is 3. The molecular weight excluding hydrogens is 400 g/mol. The van der Waals surface area contributed by atoms with Gasteiger partial charge >= 0.3 is 0 Å². The lowest BCUT2D eigenvalue weighted by Crippen LogP contribution is -2.10. The van der Waals surface area contributed by atoms with Crippen molar-refractivity contribution >= 4 is 33.4 Å². The molecule has 0 aliphatic rings. The molecule has 0 saturated heterocycles. The third-order valence-electron chi connectivity index (χ3n) is 3.99. The molecule has 0 aliphatic carbocycles. The second-order valence-corrected chi connectivity index (χ2v) is 8.37. The molecule has 3 rings (SSSR count). The van der Waals surface area contributed by atoms with E-state index in [-0.39, 0.29) is 5.91 Å². The second-order valence-electron chi connectivity index (χ2n) is 6.62. The van der Waals surface area contributed by atoms with Crippen molar-refractivity contribution in [3.63, 3.8) is 0 Å². The largest absolute Gasteiger partial charge is 0.489 e. The van der Waals surface area contributed by atoms with Gasteiger partial charge in [-0.2, -0.15) is 0 Å². The van der Waals surface area contributed by atoms with Crippen LogP contribution in [0.25, 0.3) is 6.08 Å². The van der Waals surface area contributed by atoms with E-state index < -0.39 is 10.0 Å². The minimum Gasteiger partial charge on any atom is -0.489 e. The Morgan fingerprint density at radius 2 is 1.63 bits per heavy atom. The molecule has 30 heavy (non-hydrogen) atoms. The summed E-state index contributed by atoms with van der Waals surface area (Å²) in [5, 5.41) is 2.73. The third-order valence-corrected chi connectivity index (χ3v) is 4.60. The number of rotatable bonds is 8. The van der Waals surface area contributed by atoms with Crippen molar-refractivity contribution in [2.75, 3.05) is 16.3 Å². The lowest BCUT2D eigenvalue weighted by atomic mass is 10.2. The molecule has 0 radical (unpaired) electrons. The number of ether oxygens (including phenoxy) is 1. The Morgan fingerprint density at radius 1 is 0.933 bits per heavy atom. The highest BCUT2D eigenvalue weighted by Gasteiger charge is 2.03. The van der Waals surface area contributed by atoms with Crippen LogP contribution in [0.3, 0.4) is 0 Å². The lowest BCUT2D eigenvalue weighted by Gasteiger charge is -2.07. The molecule has 0 aromatic heterocycles. The molecule has 0 aliphatic heterocycles. The first-order valence-corrected chi connectivity index (χ1v) is 11.1. The van der Waals surface area contributed by atoms with Crippen molar-refractivity contribution in [3.05, 3.63) is 96.1 Å². The fourth-order valence-electron chi connectivity index (χ4n) is 2.64. The maximum Gasteiger partial charge on any atom is 0.248 e. The topological polar surface area (TPSA) is 84.5 Å². The number of amides is 1. The predicted molar refractivity (Wildman–Crippen MR) is 120 cm³/mol. The van der Waals surface area contributed by atoms with E-state index in [4.69, 9.17) is 4.74 Å². The Bertz CT molecular complexity index is 1130. The fourth-order valence-corrected chi connectivity index (χ4v) is 3.20. The zero-order chi connectivity index (χ0) is 21.4. The van der Waals surface area contributed by atoms with Crippen molar-refractivity contribution in [2.45, 2.75) is 6.61 Å². The number of hydrogen-bond donors (Lipinski definition) is 2. The third kappa shape index (κ3) is 7.10. The molecule has 2 N–H and O–H groups in total. The minimum atomic E-state index is -3.33. The molecule has 3 aromatic rings. The highest BCUT2D eigenvalue weighted by Crippen LogP contribution is 2.17. The van der Waals surface area contributed by atoms with Gasteiger partial charge in [-0.3, -0.25) is 9.52 Å². The highest BCUT2D eigenvalue weighted by atomic mass is 32.2. The van der Waals surface area contributed by atoms with Gasteiger partial charge in [0.2, 0.25) is 15.9 Å². The summed E-state index contributed by atoms with van der Waals surface area (Å²) in [6, 6.07) is 23.8. The summed E-state index contributed by atoms with van der Waals surface area (Å²) in [6.07, 6.45) is 4.21. The van der Waals surface area contributed by atoms with E-state index in [0.29, 0.717) is 18.0 Å². The predicted octanol–water partition coefficient (Wildman–Crippen LogP) is 4.29. The minimum absolute atomic E-state index is 0.297. The first-order chi connectivity index (χ1) is 14.4. The average Bonchev–Trinajstić information content (AvgIpc) is 2.72. The Balaban J connectivity index is 1.55. The Labute approximate surface area is 176 Å². The molecule has 0 spiro atoms. The van der Waals surface area contributed by atoms with Gasteiger partial charge in [0.15, 0.2) is 0 Å². The number of carbonyl (C=O) groups excluding carboxylic acids is 1. The molecule has 1 amide bonds. The van der Waals surface area contributed by atoms with E-state index in [9.17, 15) is 13.2 Å². The van der Waals surface area contributed by atoms with Crippen LogP contribution in [0, 0.1) is 0 Å². The lowest BCUT2D eigenvalue weighted by molar-refractivity contribution is -0.111. The first kappa shape index (κ1) is 21.1. The van der Waals surface area contributed by atoms with Gasteiger partial charge in [-0.05, 0) is 53.6 Å². The van der Waals surface area contributed by atoms with Gasteiger partial charge in [0, 0.05) is 17.5 Å². The van der Waals surface area contributed by atoms with Gasteiger partial charge in [-0.25, -0.2) is 8.42 Å². The first-order valence-electron chi connectivity index (χ1n) is 9.21. The molecule has 0 bridgehead atoms. The molecule has 0 atom stereocenters. The monoisotopic (exact) mass is 422 g/mol. The average molecular weight is 423 g/mol. The zero-order valence-corrected chi connectivity index (χ0v) is 17.2. The van der Waals surface area contributed by atoms with Crippen molar-refractivity contribution in [3.8, 4) is 5.75 Å². The van der Waals surface area contributed by atoms with Crippen LogP contribution in [0.2, 0.25) is 0 Å². The van der Waals surface area contributed by atoms with Crippen LogP contribution in [0.5, 0.6) is 5.75 Å². The summed E-state index contributed by atoms with van der Waals surface area (Å²) in [4.78, 5) is 12.2. The van der Waals surface area contributed by atoms with E-state index in [1.807, 2.05) is 54.6 Å². The summed E-state index contributed by atoms with van der Waals surface area (Å²) >= 11 is 0. The van der Waals surface area contributed by atoms with Gasteiger partial charge < -0.3 is 10.1 Å². The van der Waals surface area contributed by atoms with Gasteiger partial charge in [0.25, 0.3) is 0 Å². The van der Waals surface area contributed by atoms with Crippen molar-refractivity contribution in [1.82, 2.24) is 0 Å². The Morgan fingerprint density at radius 3 is 2.33 bits per heavy atom. The van der Waals surface area contributed by atoms with E-state index in [2.05, 4.69) is 10.0 Å². The molecular formula is C23H22N2O4S. The zero-order valence-electron chi connectivity index (χ0n) is 16.4. The van der Waals surface area contributed by atoms with E-state index >= 15 is 0 Å². The molecule has 0 unspecified atom stereocenters. The highest BCUT2D eigenvalue weighted by molar-refractivity contribution is 7.92. The number of nitrogens with one attached hydrogen (secondary N) is 2. The molecule has 0 heterocycles. The van der Waals surface area contributed by atoms with Crippen LogP contribution in [0.4, 0.5) is 11.4 Å². The molecule has 0 fully saturated rings. The maximum absolute atomic E-state index is 12.2. The van der Waals surface area contributed by atoms with Gasteiger partial charge in [-0.1, -0.05) is 42.5 Å². The fraction of sp³-hybridized carbons (Fsp3) is 0.0870. The molecule has 0 saturated carbocycles. The van der Waals surface area contributed by atoms with Crippen LogP contribution in [0.15, 0.2) is 84.9 Å². The molecule has 3 aromatic carbocycles. The Kier molecular flexibility index (Phi) is 6.87. The SMILES string of the molecule is CS(=O)(=O)Nc1ccc(NC(=O)/C=C/c2cccc(OCc3ccccc3)c2)cc1. The van der Waals surface area contributed by atoms with Crippen molar-refractivity contribution < 1.29 is 17.9 Å². The Hall–Kier alpha value is -3.58. The van der Waals surface area contributed by atoms with Crippen LogP contribution in [-0.2, 0) is 21.4 Å². The number of carbonyl (C=O) groups is 1. The summed E-state index contributed by atoms with van der Waals surface area (Å²) in [5.74, 6) is 0.421. The van der Waals surface area contributed by atoms with E-state index in [1.165, 1.54) is 6.08 Å². The summed E-state index contributed by atoms with van der Waals surface area (Å²) < 4.78 is 30.6. The normalized spacial score (nSPS) is 11.2. The smallest absolute Gasteiger partial charge is 0.248 e. The second kappa shape index (κ2) is 9.76. The van der Waals surface area contributed by atoms with Gasteiger partial charge in [0.1, 0.15) is 12.4 Å². The standard InChI is InChI=1S/C23H22N2O4S/c1-30(27,28)25-21-13-11-20(12-14-21)24-23(26)15-10-18-8-5-9-22(16-18)29-17-19-6-3-2-4-7-19/h2-16,25H,17H2,1H3,(H,24,26)/b15-10+. The van der Waals surface area contributed by atoms with Crippen LogP contribution >= 0.6 is 0 Å². The van der Waals surface area contributed by atoms with Crippen molar-refractivity contribution in [2.24, 2.45) is 0 Å². The summed E-state index contributed by atoms with van der Waals surface area (Å²) in [6.45, 7) is 0.471. The molecule has 6 nitrogen and oxygen atoms in total. The maximum atomic E-state index is 12.2. The van der Waals surface area contributed by atoms with Crippen LogP contribution in [-0.4, -0.2) is 20.6 Å². The van der Waals surface area contributed by atoms with Gasteiger partial charge in [-0.15, -0.1) is 0 Å². The summed E-state index contributed by atoms with van der Waals surface area (Å²) in [7, 11) is -3.33. The molecule has 154 valence electrons. The number of sulfonamides is 1. The van der Waals surface area contributed by atoms with Crippen LogP contribution in [0.1, 0.15) is 11.1 Å². The van der Waals surface area contributed by atoms with Crippen LogP contribution < -0.4 is 14.8 Å². The van der Waals surface area contributed by atoms with Crippen molar-refractivity contribution in [1.29, 1.82) is 0 Å². The van der Waals surface area contributed by atoms with Gasteiger partial charge in [0.05, 0.1) is 6.26 Å². The summed E-state index contributed by atoms with van der Waals surface area (Å²) in [5.41, 5.74) is 2.90. The quantitative estimate of drug-likeness (QED) is 0.531. The number of anilines is 2. The molecule has 7 heteroatoms. The number of hydrogen-bond acceptors (Lipinski definition) is 4. The van der Waals surface area contributed by atoms with E-state index in [0.717, 1.165) is 23.1 Å².